The van der Waals surface area contributed by atoms with E-state index >= 15 is 0 Å². The third-order valence-electron chi connectivity index (χ3n) is 3.71. The van der Waals surface area contributed by atoms with Crippen LogP contribution in [-0.2, 0) is 6.42 Å². The maximum atomic E-state index is 6.23. The first kappa shape index (κ1) is 16.5. The minimum atomic E-state index is 0.0264. The Morgan fingerprint density at radius 1 is 1.30 bits per heavy atom. The van der Waals surface area contributed by atoms with Crippen molar-refractivity contribution in [2.75, 3.05) is 0 Å². The average Bonchev–Trinajstić information content (AvgIpc) is 2.45. The van der Waals surface area contributed by atoms with Crippen molar-refractivity contribution in [3.8, 4) is 0 Å². The molecule has 108 valence electrons. The van der Waals surface area contributed by atoms with Gasteiger partial charge in [0.05, 0.1) is 0 Å². The average molecular weight is 269 g/mol. The molecule has 1 nitrogen and oxygen atoms in total. The summed E-state index contributed by atoms with van der Waals surface area (Å²) >= 11 is 0. The van der Waals surface area contributed by atoms with Crippen LogP contribution >= 0.6 is 0 Å². The van der Waals surface area contributed by atoms with Crippen molar-refractivity contribution in [2.45, 2.75) is 39.7 Å². The van der Waals surface area contributed by atoms with Gasteiger partial charge in [0, 0.05) is 6.04 Å². The molecular formula is C19H27N. The zero-order valence-corrected chi connectivity index (χ0v) is 13.0. The summed E-state index contributed by atoms with van der Waals surface area (Å²) in [7, 11) is 0. The highest BCUT2D eigenvalue weighted by Gasteiger charge is 2.08. The second-order valence-corrected chi connectivity index (χ2v) is 5.42. The molecule has 0 spiro atoms. The highest BCUT2D eigenvalue weighted by Crippen LogP contribution is 2.16. The van der Waals surface area contributed by atoms with Gasteiger partial charge in [0.15, 0.2) is 0 Å². The first-order valence-electron chi connectivity index (χ1n) is 7.31. The summed E-state index contributed by atoms with van der Waals surface area (Å²) in [5.74, 6) is 0.484. The largest absolute Gasteiger partial charge is 0.324 e. The smallest absolute Gasteiger partial charge is 0.0294 e. The van der Waals surface area contributed by atoms with E-state index in [1.165, 1.54) is 11.1 Å². The third kappa shape index (κ3) is 5.58. The van der Waals surface area contributed by atoms with Gasteiger partial charge in [-0.25, -0.2) is 0 Å². The summed E-state index contributed by atoms with van der Waals surface area (Å²) < 4.78 is 0. The Hall–Kier alpha value is -1.60. The van der Waals surface area contributed by atoms with Crippen LogP contribution in [0.2, 0.25) is 0 Å². The van der Waals surface area contributed by atoms with Crippen LogP contribution in [0.4, 0.5) is 0 Å². The zero-order valence-electron chi connectivity index (χ0n) is 13.0. The van der Waals surface area contributed by atoms with E-state index in [0.717, 1.165) is 18.4 Å². The number of rotatable bonds is 7. The molecule has 1 unspecified atom stereocenters. The summed E-state index contributed by atoms with van der Waals surface area (Å²) in [6.07, 6.45) is 8.27. The highest BCUT2D eigenvalue weighted by atomic mass is 14.6. The van der Waals surface area contributed by atoms with Gasteiger partial charge in [0.1, 0.15) is 0 Å². The lowest BCUT2D eigenvalue weighted by Gasteiger charge is -2.15. The molecule has 1 aromatic rings. The van der Waals surface area contributed by atoms with Gasteiger partial charge in [-0.1, -0.05) is 73.2 Å². The lowest BCUT2D eigenvalue weighted by atomic mass is 9.95. The van der Waals surface area contributed by atoms with Crippen LogP contribution in [0.25, 0.3) is 0 Å². The van der Waals surface area contributed by atoms with E-state index in [-0.39, 0.29) is 6.04 Å². The van der Waals surface area contributed by atoms with Crippen LogP contribution in [0, 0.1) is 5.92 Å². The summed E-state index contributed by atoms with van der Waals surface area (Å²) in [5.41, 5.74) is 9.96. The van der Waals surface area contributed by atoms with Crippen LogP contribution in [0.3, 0.4) is 0 Å². The lowest BCUT2D eigenvalue weighted by molar-refractivity contribution is 0.745. The van der Waals surface area contributed by atoms with E-state index in [0.29, 0.717) is 5.92 Å². The maximum Gasteiger partial charge on any atom is 0.0294 e. The molecule has 0 heterocycles. The van der Waals surface area contributed by atoms with Crippen molar-refractivity contribution in [3.05, 3.63) is 71.8 Å². The van der Waals surface area contributed by atoms with Crippen molar-refractivity contribution in [1.82, 2.24) is 0 Å². The Kier molecular flexibility index (Phi) is 7.03. The molecule has 0 fully saturated rings. The minimum absolute atomic E-state index is 0.0264. The van der Waals surface area contributed by atoms with Crippen molar-refractivity contribution >= 4 is 0 Å². The van der Waals surface area contributed by atoms with Gasteiger partial charge in [-0.2, -0.15) is 0 Å². The van der Waals surface area contributed by atoms with E-state index in [2.05, 4.69) is 57.7 Å². The molecule has 0 radical (unpaired) electrons. The fraction of sp³-hybridized carbons (Fsp3) is 0.368. The molecule has 0 aliphatic carbocycles. The molecule has 0 amide bonds. The SMILES string of the molecule is C=C(C/C=C(/C)C(C)C=CC)[C@H](N)Cc1ccccc1. The van der Waals surface area contributed by atoms with E-state index in [4.69, 9.17) is 5.73 Å². The maximum absolute atomic E-state index is 6.23. The summed E-state index contributed by atoms with van der Waals surface area (Å²) in [4.78, 5) is 0. The Bertz CT molecular complexity index is 468. The Morgan fingerprint density at radius 3 is 2.55 bits per heavy atom. The molecule has 0 saturated heterocycles. The van der Waals surface area contributed by atoms with Gasteiger partial charge in [-0.15, -0.1) is 0 Å². The van der Waals surface area contributed by atoms with E-state index in [1.54, 1.807) is 0 Å². The fourth-order valence-electron chi connectivity index (χ4n) is 2.08. The Balaban J connectivity index is 2.52. The summed E-state index contributed by atoms with van der Waals surface area (Å²) in [6, 6.07) is 10.4. The van der Waals surface area contributed by atoms with Crippen LogP contribution in [0.1, 0.15) is 32.8 Å². The van der Waals surface area contributed by atoms with Crippen molar-refractivity contribution in [1.29, 1.82) is 0 Å². The van der Waals surface area contributed by atoms with Crippen LogP contribution in [-0.4, -0.2) is 6.04 Å². The molecule has 0 aromatic heterocycles. The van der Waals surface area contributed by atoms with E-state index in [9.17, 15) is 0 Å². The van der Waals surface area contributed by atoms with Crippen LogP contribution in [0.5, 0.6) is 0 Å². The fourth-order valence-corrected chi connectivity index (χ4v) is 2.08. The van der Waals surface area contributed by atoms with Crippen molar-refractivity contribution < 1.29 is 0 Å². The topological polar surface area (TPSA) is 26.0 Å². The molecule has 20 heavy (non-hydrogen) atoms. The quantitative estimate of drug-likeness (QED) is 0.716. The predicted octanol–water partition coefficient (Wildman–Crippen LogP) is 4.66. The van der Waals surface area contributed by atoms with Gasteiger partial charge in [0.2, 0.25) is 0 Å². The molecular weight excluding hydrogens is 242 g/mol. The number of nitrogens with two attached hydrogens (primary N) is 1. The second-order valence-electron chi connectivity index (χ2n) is 5.42. The second kappa shape index (κ2) is 8.55. The number of hydrogen-bond donors (Lipinski definition) is 1. The number of hydrogen-bond acceptors (Lipinski definition) is 1. The lowest BCUT2D eigenvalue weighted by Crippen LogP contribution is -2.24. The monoisotopic (exact) mass is 269 g/mol. The molecule has 1 rings (SSSR count). The Labute approximate surface area is 123 Å². The summed E-state index contributed by atoms with van der Waals surface area (Å²) in [6.45, 7) is 10.6. The van der Waals surface area contributed by atoms with E-state index < -0.39 is 0 Å². The van der Waals surface area contributed by atoms with Crippen molar-refractivity contribution in [2.24, 2.45) is 11.7 Å². The first-order valence-corrected chi connectivity index (χ1v) is 7.31. The van der Waals surface area contributed by atoms with Crippen molar-refractivity contribution in [3.63, 3.8) is 0 Å². The molecule has 0 saturated carbocycles. The van der Waals surface area contributed by atoms with Gasteiger partial charge < -0.3 is 5.73 Å². The van der Waals surface area contributed by atoms with Gasteiger partial charge in [-0.3, -0.25) is 0 Å². The van der Waals surface area contributed by atoms with Crippen LogP contribution in [0.15, 0.2) is 66.3 Å². The number of allylic oxidation sites excluding steroid dienone is 4. The zero-order chi connectivity index (χ0) is 15.0. The molecule has 1 heteroatoms. The Morgan fingerprint density at radius 2 is 1.95 bits per heavy atom. The third-order valence-corrected chi connectivity index (χ3v) is 3.71. The molecule has 2 N–H and O–H groups in total. The van der Waals surface area contributed by atoms with Gasteiger partial charge in [0.25, 0.3) is 0 Å². The van der Waals surface area contributed by atoms with Gasteiger partial charge in [-0.05, 0) is 38.2 Å². The van der Waals surface area contributed by atoms with E-state index in [1.807, 2.05) is 18.2 Å². The molecule has 2 atom stereocenters. The predicted molar refractivity (Wildman–Crippen MR) is 89.6 cm³/mol. The summed E-state index contributed by atoms with van der Waals surface area (Å²) in [5, 5.41) is 0. The molecule has 0 bridgehead atoms. The standard InChI is InChI=1S/C19H27N/c1-5-9-15(2)16(3)12-13-17(4)19(20)14-18-10-7-6-8-11-18/h5-12,15,19H,4,13-14,20H2,1-3H3/b9-5?,16-12-/t15?,19-/m1/s1. The normalized spacial score (nSPS) is 15.3. The minimum Gasteiger partial charge on any atom is -0.324 e. The first-order chi connectivity index (χ1) is 9.54. The molecule has 0 aliphatic heterocycles. The number of benzene rings is 1. The van der Waals surface area contributed by atoms with Gasteiger partial charge >= 0.3 is 0 Å². The highest BCUT2D eigenvalue weighted by molar-refractivity contribution is 5.21. The molecule has 1 aromatic carbocycles. The molecule has 0 aliphatic rings. The van der Waals surface area contributed by atoms with Crippen LogP contribution < -0.4 is 5.73 Å².